The SMILES string of the molecule is CC1CNCC1(C)C1CCCCC1. The zero-order valence-corrected chi connectivity index (χ0v) is 9.10. The minimum Gasteiger partial charge on any atom is -0.316 e. The van der Waals surface area contributed by atoms with Gasteiger partial charge in [-0.05, 0) is 36.6 Å². The van der Waals surface area contributed by atoms with Crippen molar-refractivity contribution in [1.82, 2.24) is 5.32 Å². The van der Waals surface area contributed by atoms with Crippen molar-refractivity contribution in [3.8, 4) is 0 Å². The molecule has 2 unspecified atom stereocenters. The van der Waals surface area contributed by atoms with Crippen LogP contribution in [0, 0.1) is 17.3 Å². The lowest BCUT2D eigenvalue weighted by Crippen LogP contribution is -2.35. The monoisotopic (exact) mass is 181 g/mol. The first kappa shape index (κ1) is 9.51. The summed E-state index contributed by atoms with van der Waals surface area (Å²) in [6.45, 7) is 7.44. The fourth-order valence-corrected chi connectivity index (χ4v) is 3.27. The fourth-order valence-electron chi connectivity index (χ4n) is 3.27. The molecule has 2 rings (SSSR count). The Kier molecular flexibility index (Phi) is 2.64. The quantitative estimate of drug-likeness (QED) is 0.656. The molecule has 0 radical (unpaired) electrons. The Morgan fingerprint density at radius 1 is 1.15 bits per heavy atom. The summed E-state index contributed by atoms with van der Waals surface area (Å²) in [6, 6.07) is 0. The van der Waals surface area contributed by atoms with Crippen LogP contribution in [-0.4, -0.2) is 13.1 Å². The summed E-state index contributed by atoms with van der Waals surface area (Å²) in [4.78, 5) is 0. The van der Waals surface area contributed by atoms with Crippen molar-refractivity contribution in [3.05, 3.63) is 0 Å². The van der Waals surface area contributed by atoms with E-state index in [1.807, 2.05) is 0 Å². The summed E-state index contributed by atoms with van der Waals surface area (Å²) in [7, 11) is 0. The van der Waals surface area contributed by atoms with Crippen LogP contribution in [0.25, 0.3) is 0 Å². The van der Waals surface area contributed by atoms with E-state index in [1.165, 1.54) is 45.2 Å². The summed E-state index contributed by atoms with van der Waals surface area (Å²) < 4.78 is 0. The molecule has 0 amide bonds. The first-order valence-electron chi connectivity index (χ1n) is 5.94. The first-order valence-corrected chi connectivity index (χ1v) is 5.94. The molecule has 13 heavy (non-hydrogen) atoms. The van der Waals surface area contributed by atoms with Gasteiger partial charge in [-0.3, -0.25) is 0 Å². The molecule has 1 heteroatoms. The van der Waals surface area contributed by atoms with Crippen LogP contribution in [0.5, 0.6) is 0 Å². The Morgan fingerprint density at radius 3 is 2.38 bits per heavy atom. The maximum Gasteiger partial charge on any atom is 0.00110 e. The van der Waals surface area contributed by atoms with Crippen LogP contribution in [-0.2, 0) is 0 Å². The van der Waals surface area contributed by atoms with Crippen LogP contribution in [0.15, 0.2) is 0 Å². The number of nitrogens with one attached hydrogen (secondary N) is 1. The Labute approximate surface area is 82.3 Å². The average Bonchev–Trinajstić information content (AvgIpc) is 2.50. The van der Waals surface area contributed by atoms with Crippen molar-refractivity contribution in [2.24, 2.45) is 17.3 Å². The van der Waals surface area contributed by atoms with Gasteiger partial charge in [0, 0.05) is 6.54 Å². The normalized spacial score (nSPS) is 42.5. The molecule has 2 atom stereocenters. The summed E-state index contributed by atoms with van der Waals surface area (Å²) in [5.41, 5.74) is 0.612. The molecule has 0 aromatic carbocycles. The Bertz CT molecular complexity index is 172. The molecule has 2 fully saturated rings. The van der Waals surface area contributed by atoms with Gasteiger partial charge in [0.2, 0.25) is 0 Å². The largest absolute Gasteiger partial charge is 0.316 e. The number of hydrogen-bond donors (Lipinski definition) is 1. The highest BCUT2D eigenvalue weighted by atomic mass is 14.9. The molecule has 0 spiro atoms. The highest BCUT2D eigenvalue weighted by molar-refractivity contribution is 4.95. The van der Waals surface area contributed by atoms with Crippen LogP contribution in [0.4, 0.5) is 0 Å². The van der Waals surface area contributed by atoms with Gasteiger partial charge in [0.15, 0.2) is 0 Å². The standard InChI is InChI=1S/C12H23N/c1-10-8-13-9-12(10,2)11-6-4-3-5-7-11/h10-11,13H,3-9H2,1-2H3. The molecule has 0 aromatic rings. The predicted octanol–water partition coefficient (Wildman–Crippen LogP) is 2.81. The van der Waals surface area contributed by atoms with E-state index < -0.39 is 0 Å². The molecule has 76 valence electrons. The van der Waals surface area contributed by atoms with E-state index in [2.05, 4.69) is 19.2 Å². The number of rotatable bonds is 1. The van der Waals surface area contributed by atoms with Crippen molar-refractivity contribution in [1.29, 1.82) is 0 Å². The third-order valence-electron chi connectivity index (χ3n) is 4.62. The molecule has 1 heterocycles. The second kappa shape index (κ2) is 3.61. The van der Waals surface area contributed by atoms with Gasteiger partial charge in [-0.25, -0.2) is 0 Å². The fraction of sp³-hybridized carbons (Fsp3) is 1.00. The van der Waals surface area contributed by atoms with E-state index in [1.54, 1.807) is 0 Å². The minimum absolute atomic E-state index is 0.612. The summed E-state index contributed by atoms with van der Waals surface area (Å²) in [5, 5.41) is 3.56. The van der Waals surface area contributed by atoms with Crippen molar-refractivity contribution >= 4 is 0 Å². The van der Waals surface area contributed by atoms with E-state index in [0.29, 0.717) is 5.41 Å². The molecule has 2 aliphatic rings. The zero-order chi connectivity index (χ0) is 9.31. The maximum atomic E-state index is 3.56. The molecule has 1 nitrogen and oxygen atoms in total. The molecule has 0 aromatic heterocycles. The molecule has 1 saturated heterocycles. The summed E-state index contributed by atoms with van der Waals surface area (Å²) >= 11 is 0. The lowest BCUT2D eigenvalue weighted by Gasteiger charge is -2.39. The van der Waals surface area contributed by atoms with E-state index in [9.17, 15) is 0 Å². The van der Waals surface area contributed by atoms with Crippen molar-refractivity contribution < 1.29 is 0 Å². The molecule has 1 aliphatic carbocycles. The van der Waals surface area contributed by atoms with Gasteiger partial charge < -0.3 is 5.32 Å². The molecular formula is C12H23N. The van der Waals surface area contributed by atoms with Crippen LogP contribution in [0.2, 0.25) is 0 Å². The Morgan fingerprint density at radius 2 is 1.85 bits per heavy atom. The maximum absolute atomic E-state index is 3.56. The third-order valence-corrected chi connectivity index (χ3v) is 4.62. The van der Waals surface area contributed by atoms with Crippen molar-refractivity contribution in [2.45, 2.75) is 46.0 Å². The van der Waals surface area contributed by atoms with E-state index in [0.717, 1.165) is 11.8 Å². The van der Waals surface area contributed by atoms with E-state index >= 15 is 0 Å². The lowest BCUT2D eigenvalue weighted by molar-refractivity contribution is 0.115. The number of hydrogen-bond acceptors (Lipinski definition) is 1. The molecule has 1 aliphatic heterocycles. The van der Waals surface area contributed by atoms with Crippen molar-refractivity contribution in [3.63, 3.8) is 0 Å². The molecule has 1 N–H and O–H groups in total. The van der Waals surface area contributed by atoms with Crippen molar-refractivity contribution in [2.75, 3.05) is 13.1 Å². The highest BCUT2D eigenvalue weighted by Gasteiger charge is 2.42. The van der Waals surface area contributed by atoms with Crippen LogP contribution >= 0.6 is 0 Å². The predicted molar refractivity (Wildman–Crippen MR) is 56.7 cm³/mol. The second-order valence-corrected chi connectivity index (χ2v) is 5.37. The lowest BCUT2D eigenvalue weighted by atomic mass is 9.65. The summed E-state index contributed by atoms with van der Waals surface area (Å²) in [6.07, 6.45) is 7.42. The van der Waals surface area contributed by atoms with Gasteiger partial charge in [-0.2, -0.15) is 0 Å². The minimum atomic E-state index is 0.612. The van der Waals surface area contributed by atoms with E-state index in [-0.39, 0.29) is 0 Å². The smallest absolute Gasteiger partial charge is 0.00110 e. The molecule has 0 bridgehead atoms. The average molecular weight is 181 g/mol. The van der Waals surface area contributed by atoms with Crippen LogP contribution < -0.4 is 5.32 Å². The third kappa shape index (κ3) is 1.63. The van der Waals surface area contributed by atoms with Crippen LogP contribution in [0.1, 0.15) is 46.0 Å². The highest BCUT2D eigenvalue weighted by Crippen LogP contribution is 2.45. The Hall–Kier alpha value is -0.0400. The topological polar surface area (TPSA) is 12.0 Å². The van der Waals surface area contributed by atoms with Crippen LogP contribution in [0.3, 0.4) is 0 Å². The summed E-state index contributed by atoms with van der Waals surface area (Å²) in [5.74, 6) is 1.89. The molecular weight excluding hydrogens is 158 g/mol. The first-order chi connectivity index (χ1) is 6.23. The second-order valence-electron chi connectivity index (χ2n) is 5.37. The van der Waals surface area contributed by atoms with Gasteiger partial charge in [-0.1, -0.05) is 33.1 Å². The van der Waals surface area contributed by atoms with Gasteiger partial charge in [0.25, 0.3) is 0 Å². The zero-order valence-electron chi connectivity index (χ0n) is 9.10. The Balaban J connectivity index is 2.03. The van der Waals surface area contributed by atoms with Gasteiger partial charge in [0.1, 0.15) is 0 Å². The van der Waals surface area contributed by atoms with Gasteiger partial charge in [-0.15, -0.1) is 0 Å². The van der Waals surface area contributed by atoms with Gasteiger partial charge in [0.05, 0.1) is 0 Å². The van der Waals surface area contributed by atoms with Gasteiger partial charge >= 0.3 is 0 Å². The van der Waals surface area contributed by atoms with E-state index in [4.69, 9.17) is 0 Å². The molecule has 1 saturated carbocycles.